The normalized spacial score (nSPS) is 21.5. The molecule has 1 aromatic carbocycles. The molecule has 0 saturated carbocycles. The Hall–Kier alpha value is -2.13. The summed E-state index contributed by atoms with van der Waals surface area (Å²) in [6.07, 6.45) is -1.88. The number of sulfone groups is 1. The van der Waals surface area contributed by atoms with E-state index in [0.29, 0.717) is 5.56 Å². The van der Waals surface area contributed by atoms with Crippen molar-refractivity contribution in [1.29, 1.82) is 0 Å². The molecule has 0 radical (unpaired) electrons. The largest absolute Gasteiger partial charge is 0.450 e. The Labute approximate surface area is 146 Å². The Kier molecular flexibility index (Phi) is 6.38. The number of benzene rings is 1. The topological polar surface area (TPSA) is 113 Å². The lowest BCUT2D eigenvalue weighted by atomic mass is 10.2. The number of amides is 2. The van der Waals surface area contributed by atoms with E-state index >= 15 is 0 Å². The molecule has 1 heterocycles. The lowest BCUT2D eigenvalue weighted by molar-refractivity contribution is 0.0560. The number of carbonyl (C=O) groups is 2. The SMILES string of the molecule is CCOC(=O)N(CCNC(=O)c1ccccc1)[C@@H]1CS(=O)(=O)C[C@@H]1O. The van der Waals surface area contributed by atoms with Gasteiger partial charge in [-0.25, -0.2) is 13.2 Å². The van der Waals surface area contributed by atoms with E-state index in [1.165, 1.54) is 4.90 Å². The first-order valence-corrected chi connectivity index (χ1v) is 9.81. The Morgan fingerprint density at radius 1 is 1.28 bits per heavy atom. The van der Waals surface area contributed by atoms with E-state index in [0.717, 1.165) is 0 Å². The van der Waals surface area contributed by atoms with Gasteiger partial charge in [0.15, 0.2) is 9.84 Å². The number of ether oxygens (including phenoxy) is 1. The fraction of sp³-hybridized carbons (Fsp3) is 0.500. The summed E-state index contributed by atoms with van der Waals surface area (Å²) in [5.74, 6) is -1.01. The summed E-state index contributed by atoms with van der Waals surface area (Å²) in [6.45, 7) is 1.90. The maximum absolute atomic E-state index is 12.1. The minimum absolute atomic E-state index is 0.0364. The van der Waals surface area contributed by atoms with E-state index in [2.05, 4.69) is 5.32 Å². The zero-order valence-corrected chi connectivity index (χ0v) is 14.7. The molecule has 1 aliphatic rings. The van der Waals surface area contributed by atoms with Crippen molar-refractivity contribution in [1.82, 2.24) is 10.2 Å². The summed E-state index contributed by atoms with van der Waals surface area (Å²) in [4.78, 5) is 25.3. The molecular weight excluding hydrogens is 348 g/mol. The Bertz CT molecular complexity index is 707. The molecule has 2 N–H and O–H groups in total. The first kappa shape index (κ1) is 19.2. The van der Waals surface area contributed by atoms with Crippen molar-refractivity contribution in [3.8, 4) is 0 Å². The molecule has 0 spiro atoms. The summed E-state index contributed by atoms with van der Waals surface area (Å²) in [7, 11) is -3.41. The Balaban J connectivity index is 1.99. The quantitative estimate of drug-likeness (QED) is 0.731. The second-order valence-corrected chi connectivity index (χ2v) is 7.88. The van der Waals surface area contributed by atoms with Crippen LogP contribution in [0.2, 0.25) is 0 Å². The van der Waals surface area contributed by atoms with Crippen LogP contribution in [0.3, 0.4) is 0 Å². The minimum Gasteiger partial charge on any atom is -0.450 e. The van der Waals surface area contributed by atoms with Crippen LogP contribution in [0.5, 0.6) is 0 Å². The summed E-state index contributed by atoms with van der Waals surface area (Å²) >= 11 is 0. The lowest BCUT2D eigenvalue weighted by Crippen LogP contribution is -2.49. The monoisotopic (exact) mass is 370 g/mol. The van der Waals surface area contributed by atoms with Gasteiger partial charge >= 0.3 is 6.09 Å². The van der Waals surface area contributed by atoms with Crippen molar-refractivity contribution >= 4 is 21.8 Å². The molecule has 1 aliphatic heterocycles. The lowest BCUT2D eigenvalue weighted by Gasteiger charge is -2.29. The van der Waals surface area contributed by atoms with Gasteiger partial charge in [-0.1, -0.05) is 18.2 Å². The first-order valence-electron chi connectivity index (χ1n) is 7.99. The summed E-state index contributed by atoms with van der Waals surface area (Å²) in [5.41, 5.74) is 0.480. The summed E-state index contributed by atoms with van der Waals surface area (Å²) < 4.78 is 28.3. The van der Waals surface area contributed by atoms with Gasteiger partial charge in [0.25, 0.3) is 5.91 Å². The van der Waals surface area contributed by atoms with Crippen LogP contribution in [0, 0.1) is 0 Å². The van der Waals surface area contributed by atoms with Gasteiger partial charge in [0.1, 0.15) is 0 Å². The maximum atomic E-state index is 12.1. The molecule has 138 valence electrons. The van der Waals surface area contributed by atoms with E-state index in [1.54, 1.807) is 37.3 Å². The number of nitrogens with zero attached hydrogens (tertiary/aromatic N) is 1. The molecule has 2 rings (SSSR count). The van der Waals surface area contributed by atoms with Crippen LogP contribution in [0.4, 0.5) is 4.79 Å². The van der Waals surface area contributed by atoms with Crippen molar-refractivity contribution in [2.75, 3.05) is 31.2 Å². The molecule has 9 heteroatoms. The number of rotatable bonds is 6. The van der Waals surface area contributed by atoms with Gasteiger partial charge in [-0.05, 0) is 19.1 Å². The fourth-order valence-electron chi connectivity index (χ4n) is 2.69. The van der Waals surface area contributed by atoms with Crippen LogP contribution in [0.25, 0.3) is 0 Å². The number of nitrogens with one attached hydrogen (secondary N) is 1. The minimum atomic E-state index is -3.41. The molecule has 0 aliphatic carbocycles. The molecular formula is C16H22N2O6S. The van der Waals surface area contributed by atoms with Crippen LogP contribution in [0.15, 0.2) is 30.3 Å². The van der Waals surface area contributed by atoms with E-state index < -0.39 is 28.1 Å². The van der Waals surface area contributed by atoms with Crippen LogP contribution >= 0.6 is 0 Å². The predicted molar refractivity (Wildman–Crippen MR) is 91.0 cm³/mol. The molecule has 1 fully saturated rings. The molecule has 2 amide bonds. The van der Waals surface area contributed by atoms with Crippen LogP contribution in [0.1, 0.15) is 17.3 Å². The number of aliphatic hydroxyl groups is 1. The van der Waals surface area contributed by atoms with Gasteiger partial charge in [0, 0.05) is 18.7 Å². The van der Waals surface area contributed by atoms with Gasteiger partial charge < -0.3 is 15.2 Å². The van der Waals surface area contributed by atoms with Gasteiger partial charge in [-0.15, -0.1) is 0 Å². The summed E-state index contributed by atoms with van der Waals surface area (Å²) in [6, 6.07) is 7.70. The number of hydrogen-bond acceptors (Lipinski definition) is 6. The third kappa shape index (κ3) is 5.17. The Morgan fingerprint density at radius 3 is 2.52 bits per heavy atom. The van der Waals surface area contributed by atoms with Crippen molar-refractivity contribution < 1.29 is 27.9 Å². The van der Waals surface area contributed by atoms with E-state index in [4.69, 9.17) is 4.74 Å². The third-order valence-corrected chi connectivity index (χ3v) is 5.57. The maximum Gasteiger partial charge on any atom is 0.410 e. The standard InChI is InChI=1S/C16H22N2O6S/c1-2-24-16(21)18(13-10-25(22,23)11-14(13)19)9-8-17-15(20)12-6-4-3-5-7-12/h3-7,13-14,19H,2,8-11H2,1H3,(H,17,20)/t13-,14+/m1/s1. The number of hydrogen-bond donors (Lipinski definition) is 2. The van der Waals surface area contributed by atoms with Gasteiger partial charge in [-0.2, -0.15) is 0 Å². The van der Waals surface area contributed by atoms with E-state index in [1.807, 2.05) is 0 Å². The highest BCUT2D eigenvalue weighted by Gasteiger charge is 2.42. The highest BCUT2D eigenvalue weighted by Crippen LogP contribution is 2.19. The van der Waals surface area contributed by atoms with Crippen molar-refractivity contribution in [3.63, 3.8) is 0 Å². The molecule has 0 bridgehead atoms. The Morgan fingerprint density at radius 2 is 1.96 bits per heavy atom. The van der Waals surface area contributed by atoms with Gasteiger partial charge in [-0.3, -0.25) is 9.69 Å². The zero-order valence-electron chi connectivity index (χ0n) is 13.9. The molecule has 0 unspecified atom stereocenters. The average Bonchev–Trinajstić information content (AvgIpc) is 2.84. The molecule has 1 saturated heterocycles. The average molecular weight is 370 g/mol. The van der Waals surface area contributed by atoms with Crippen molar-refractivity contribution in [2.45, 2.75) is 19.1 Å². The second-order valence-electron chi connectivity index (χ2n) is 5.73. The molecule has 8 nitrogen and oxygen atoms in total. The van der Waals surface area contributed by atoms with Crippen LogP contribution in [-0.2, 0) is 14.6 Å². The zero-order chi connectivity index (χ0) is 18.4. The van der Waals surface area contributed by atoms with Crippen molar-refractivity contribution in [2.24, 2.45) is 0 Å². The highest BCUT2D eigenvalue weighted by atomic mass is 32.2. The third-order valence-electron chi connectivity index (χ3n) is 3.87. The second kappa shape index (κ2) is 8.30. The first-order chi connectivity index (χ1) is 11.8. The van der Waals surface area contributed by atoms with Crippen LogP contribution < -0.4 is 5.32 Å². The fourth-order valence-corrected chi connectivity index (χ4v) is 4.49. The van der Waals surface area contributed by atoms with Crippen molar-refractivity contribution in [3.05, 3.63) is 35.9 Å². The number of carbonyl (C=O) groups excluding carboxylic acids is 2. The van der Waals surface area contributed by atoms with E-state index in [-0.39, 0.29) is 37.1 Å². The smallest absolute Gasteiger partial charge is 0.410 e. The van der Waals surface area contributed by atoms with E-state index in [9.17, 15) is 23.1 Å². The molecule has 2 atom stereocenters. The number of aliphatic hydroxyl groups excluding tert-OH is 1. The predicted octanol–water partition coefficient (Wildman–Crippen LogP) is 0.0328. The molecule has 1 aromatic rings. The highest BCUT2D eigenvalue weighted by molar-refractivity contribution is 7.91. The molecule has 0 aromatic heterocycles. The van der Waals surface area contributed by atoms with Gasteiger partial charge in [0.2, 0.25) is 0 Å². The van der Waals surface area contributed by atoms with Crippen LogP contribution in [-0.4, -0.2) is 73.8 Å². The summed E-state index contributed by atoms with van der Waals surface area (Å²) in [5, 5.41) is 12.6. The van der Waals surface area contributed by atoms with Gasteiger partial charge in [0.05, 0.1) is 30.3 Å². The molecule has 25 heavy (non-hydrogen) atoms.